The average Bonchev–Trinajstić information content (AvgIpc) is 2.15. The second kappa shape index (κ2) is 5.07. The molecule has 0 unspecified atom stereocenters. The number of nitrogens with two attached hydrogens (primary N) is 1. The summed E-state index contributed by atoms with van der Waals surface area (Å²) in [6, 6.07) is 5.47. The highest BCUT2D eigenvalue weighted by Gasteiger charge is 2.06. The molecular formula is C9H12ClNO2. The van der Waals surface area contributed by atoms with Gasteiger partial charge in [-0.25, -0.2) is 0 Å². The summed E-state index contributed by atoms with van der Waals surface area (Å²) in [5, 5.41) is 0.556. The van der Waals surface area contributed by atoms with Crippen LogP contribution in [0.15, 0.2) is 18.2 Å². The van der Waals surface area contributed by atoms with Crippen LogP contribution in [0.3, 0.4) is 0 Å². The molecule has 0 spiro atoms. The van der Waals surface area contributed by atoms with Gasteiger partial charge in [0.1, 0.15) is 5.75 Å². The number of benzene rings is 1. The fourth-order valence-corrected chi connectivity index (χ4v) is 1.24. The number of hydrogen-bond acceptors (Lipinski definition) is 3. The van der Waals surface area contributed by atoms with Crippen molar-refractivity contribution >= 4 is 11.6 Å². The summed E-state index contributed by atoms with van der Waals surface area (Å²) < 4.78 is 10.1. The van der Waals surface area contributed by atoms with Crippen molar-refractivity contribution in [3.8, 4) is 5.75 Å². The lowest BCUT2D eigenvalue weighted by molar-refractivity contribution is 0.0505. The first-order valence-corrected chi connectivity index (χ1v) is 4.26. The van der Waals surface area contributed by atoms with Crippen LogP contribution in [0.1, 0.15) is 5.56 Å². The zero-order chi connectivity index (χ0) is 9.68. The molecule has 0 aromatic heterocycles. The number of rotatable bonds is 4. The van der Waals surface area contributed by atoms with Gasteiger partial charge in [-0.05, 0) is 6.07 Å². The van der Waals surface area contributed by atoms with Crippen LogP contribution in [0, 0.1) is 0 Å². The molecule has 1 aromatic carbocycles. The largest absolute Gasteiger partial charge is 0.466 e. The molecule has 3 nitrogen and oxygen atoms in total. The minimum absolute atomic E-state index is 0.177. The van der Waals surface area contributed by atoms with E-state index in [0.717, 1.165) is 5.56 Å². The minimum Gasteiger partial charge on any atom is -0.466 e. The van der Waals surface area contributed by atoms with Crippen LogP contribution in [0.2, 0.25) is 5.02 Å². The fourth-order valence-electron chi connectivity index (χ4n) is 0.994. The molecule has 0 aliphatic carbocycles. The van der Waals surface area contributed by atoms with Crippen molar-refractivity contribution in [2.45, 2.75) is 6.54 Å². The van der Waals surface area contributed by atoms with Gasteiger partial charge in [0, 0.05) is 19.2 Å². The van der Waals surface area contributed by atoms with Crippen molar-refractivity contribution < 1.29 is 9.47 Å². The molecular weight excluding hydrogens is 190 g/mol. The van der Waals surface area contributed by atoms with Crippen molar-refractivity contribution in [1.82, 2.24) is 0 Å². The van der Waals surface area contributed by atoms with E-state index in [1.54, 1.807) is 13.2 Å². The zero-order valence-corrected chi connectivity index (χ0v) is 8.17. The molecule has 72 valence electrons. The van der Waals surface area contributed by atoms with Crippen molar-refractivity contribution in [3.63, 3.8) is 0 Å². The van der Waals surface area contributed by atoms with Crippen molar-refractivity contribution in [3.05, 3.63) is 28.8 Å². The number of halogens is 1. The molecule has 0 amide bonds. The molecule has 4 heteroatoms. The molecule has 2 N–H and O–H groups in total. The Morgan fingerprint density at radius 2 is 2.23 bits per heavy atom. The monoisotopic (exact) mass is 201 g/mol. The smallest absolute Gasteiger partial charge is 0.188 e. The molecule has 0 fully saturated rings. The fraction of sp³-hybridized carbons (Fsp3) is 0.333. The molecule has 0 saturated heterocycles. The van der Waals surface area contributed by atoms with Gasteiger partial charge in [-0.2, -0.15) is 0 Å². The summed E-state index contributed by atoms with van der Waals surface area (Å²) in [6.45, 7) is 0.580. The van der Waals surface area contributed by atoms with E-state index in [1.165, 1.54) is 0 Å². The Kier molecular flexibility index (Phi) is 4.02. The summed E-state index contributed by atoms with van der Waals surface area (Å²) in [6.07, 6.45) is 0. The third kappa shape index (κ3) is 2.59. The van der Waals surface area contributed by atoms with Gasteiger partial charge in [0.2, 0.25) is 0 Å². The van der Waals surface area contributed by atoms with Crippen LogP contribution >= 0.6 is 11.6 Å². The molecule has 0 saturated carbocycles. The maximum absolute atomic E-state index is 5.91. The summed E-state index contributed by atoms with van der Waals surface area (Å²) in [5.74, 6) is 0.605. The lowest BCUT2D eigenvalue weighted by Crippen LogP contribution is -2.05. The highest BCUT2D eigenvalue weighted by molar-refractivity contribution is 6.32. The second-order valence-electron chi connectivity index (χ2n) is 2.48. The van der Waals surface area contributed by atoms with Gasteiger partial charge in [-0.1, -0.05) is 23.7 Å². The van der Waals surface area contributed by atoms with Crippen LogP contribution in [0.4, 0.5) is 0 Å². The number of ether oxygens (including phenoxy) is 2. The average molecular weight is 202 g/mol. The van der Waals surface area contributed by atoms with E-state index in [4.69, 9.17) is 26.8 Å². The lowest BCUT2D eigenvalue weighted by atomic mass is 10.2. The predicted octanol–water partition coefficient (Wildman–Crippen LogP) is 1.78. The molecule has 0 radical (unpaired) electrons. The van der Waals surface area contributed by atoms with Crippen LogP contribution < -0.4 is 10.5 Å². The van der Waals surface area contributed by atoms with Gasteiger partial charge < -0.3 is 15.2 Å². The summed E-state index contributed by atoms with van der Waals surface area (Å²) in [5.41, 5.74) is 6.39. The maximum Gasteiger partial charge on any atom is 0.188 e. The van der Waals surface area contributed by atoms with Gasteiger partial charge in [0.15, 0.2) is 6.79 Å². The van der Waals surface area contributed by atoms with Crippen molar-refractivity contribution in [2.24, 2.45) is 5.73 Å². The Balaban J connectivity index is 2.87. The number of para-hydroxylation sites is 1. The molecule has 0 bridgehead atoms. The van der Waals surface area contributed by atoms with E-state index < -0.39 is 0 Å². The van der Waals surface area contributed by atoms with Crippen molar-refractivity contribution in [1.29, 1.82) is 0 Å². The molecule has 0 heterocycles. The molecule has 0 atom stereocenters. The van der Waals surface area contributed by atoms with E-state index >= 15 is 0 Å². The topological polar surface area (TPSA) is 44.5 Å². The summed E-state index contributed by atoms with van der Waals surface area (Å²) in [4.78, 5) is 0. The second-order valence-corrected chi connectivity index (χ2v) is 2.89. The van der Waals surface area contributed by atoms with Crippen LogP contribution in [-0.2, 0) is 11.3 Å². The summed E-state index contributed by atoms with van der Waals surface area (Å²) >= 11 is 5.91. The van der Waals surface area contributed by atoms with Gasteiger partial charge in [0.25, 0.3) is 0 Å². The quantitative estimate of drug-likeness (QED) is 0.756. The van der Waals surface area contributed by atoms with Crippen LogP contribution in [0.5, 0.6) is 5.75 Å². The van der Waals surface area contributed by atoms with Gasteiger partial charge in [-0.3, -0.25) is 0 Å². The van der Waals surface area contributed by atoms with Gasteiger partial charge in [-0.15, -0.1) is 0 Å². The Labute approximate surface area is 82.4 Å². The van der Waals surface area contributed by atoms with E-state index in [0.29, 0.717) is 17.3 Å². The first kappa shape index (κ1) is 10.3. The Bertz CT molecular complexity index is 278. The Morgan fingerprint density at radius 1 is 1.46 bits per heavy atom. The molecule has 1 rings (SSSR count). The predicted molar refractivity (Wildman–Crippen MR) is 51.8 cm³/mol. The third-order valence-electron chi connectivity index (χ3n) is 1.59. The van der Waals surface area contributed by atoms with Crippen LogP contribution in [-0.4, -0.2) is 13.9 Å². The van der Waals surface area contributed by atoms with Gasteiger partial charge in [0.05, 0.1) is 5.02 Å². The van der Waals surface area contributed by atoms with E-state index in [9.17, 15) is 0 Å². The zero-order valence-electron chi connectivity index (χ0n) is 7.42. The maximum atomic E-state index is 5.91. The van der Waals surface area contributed by atoms with E-state index in [1.807, 2.05) is 12.1 Å². The molecule has 0 aliphatic heterocycles. The molecule has 1 aromatic rings. The standard InChI is InChI=1S/C9H12ClNO2/c1-12-6-13-9-7(5-11)3-2-4-8(9)10/h2-4H,5-6,11H2,1H3. The summed E-state index contributed by atoms with van der Waals surface area (Å²) in [7, 11) is 1.55. The first-order valence-electron chi connectivity index (χ1n) is 3.88. The lowest BCUT2D eigenvalue weighted by Gasteiger charge is -2.10. The Morgan fingerprint density at radius 3 is 2.85 bits per heavy atom. The Hall–Kier alpha value is -0.770. The number of methoxy groups -OCH3 is 1. The highest BCUT2D eigenvalue weighted by Crippen LogP contribution is 2.28. The SMILES string of the molecule is COCOc1c(Cl)cccc1CN. The number of hydrogen-bond donors (Lipinski definition) is 1. The van der Waals surface area contributed by atoms with Crippen molar-refractivity contribution in [2.75, 3.05) is 13.9 Å². The minimum atomic E-state index is 0.177. The highest BCUT2D eigenvalue weighted by atomic mass is 35.5. The first-order chi connectivity index (χ1) is 6.29. The molecule has 0 aliphatic rings. The third-order valence-corrected chi connectivity index (χ3v) is 1.89. The normalized spacial score (nSPS) is 10.1. The molecule has 13 heavy (non-hydrogen) atoms. The van der Waals surface area contributed by atoms with Gasteiger partial charge >= 0.3 is 0 Å². The van der Waals surface area contributed by atoms with E-state index in [2.05, 4.69) is 0 Å². The van der Waals surface area contributed by atoms with Crippen LogP contribution in [0.25, 0.3) is 0 Å². The van der Waals surface area contributed by atoms with E-state index in [-0.39, 0.29) is 6.79 Å².